The van der Waals surface area contributed by atoms with Crippen LogP contribution in [0.3, 0.4) is 0 Å². The number of hydrogen-bond donors (Lipinski definition) is 1. The Labute approximate surface area is 181 Å². The van der Waals surface area contributed by atoms with Gasteiger partial charge in [0.15, 0.2) is 11.5 Å². The van der Waals surface area contributed by atoms with Crippen LogP contribution in [0.5, 0.6) is 17.4 Å². The fourth-order valence-corrected chi connectivity index (χ4v) is 3.62. The quantitative estimate of drug-likeness (QED) is 0.655. The number of methoxy groups -OCH3 is 2. The van der Waals surface area contributed by atoms with Crippen molar-refractivity contribution >= 4 is 17.1 Å². The number of piperidine rings is 1. The molecule has 0 radical (unpaired) electrons. The van der Waals surface area contributed by atoms with E-state index in [0.717, 1.165) is 29.4 Å². The zero-order chi connectivity index (χ0) is 21.6. The number of rotatable bonds is 6. The van der Waals surface area contributed by atoms with E-state index in [9.17, 15) is 4.79 Å². The highest BCUT2D eigenvalue weighted by Gasteiger charge is 2.24. The van der Waals surface area contributed by atoms with E-state index in [1.54, 1.807) is 20.4 Å². The fraction of sp³-hybridized carbons (Fsp3) is 0.348. The van der Waals surface area contributed by atoms with E-state index >= 15 is 0 Å². The number of urea groups is 1. The summed E-state index contributed by atoms with van der Waals surface area (Å²) in [5, 5.41) is 2.97. The van der Waals surface area contributed by atoms with Crippen molar-refractivity contribution in [2.75, 3.05) is 27.3 Å². The third-order valence-electron chi connectivity index (χ3n) is 5.33. The molecule has 8 nitrogen and oxygen atoms in total. The van der Waals surface area contributed by atoms with E-state index in [0.29, 0.717) is 37.0 Å². The molecule has 8 heteroatoms. The van der Waals surface area contributed by atoms with Gasteiger partial charge in [-0.3, -0.25) is 0 Å². The second kappa shape index (κ2) is 9.51. The highest BCUT2D eigenvalue weighted by molar-refractivity contribution is 5.74. The molecule has 1 saturated heterocycles. The predicted molar refractivity (Wildman–Crippen MR) is 117 cm³/mol. The predicted octanol–water partition coefficient (Wildman–Crippen LogP) is 3.40. The van der Waals surface area contributed by atoms with Crippen LogP contribution >= 0.6 is 0 Å². The number of nitrogens with one attached hydrogen (secondary N) is 1. The number of amides is 2. The molecule has 2 heterocycles. The van der Waals surface area contributed by atoms with Crippen LogP contribution in [0.25, 0.3) is 11.0 Å². The summed E-state index contributed by atoms with van der Waals surface area (Å²) in [6, 6.07) is 13.2. The summed E-state index contributed by atoms with van der Waals surface area (Å²) in [5.41, 5.74) is 2.60. The topological polar surface area (TPSA) is 85.8 Å². The monoisotopic (exact) mass is 422 g/mol. The molecule has 162 valence electrons. The number of nitrogens with zero attached hydrogens (tertiary/aromatic N) is 3. The van der Waals surface area contributed by atoms with Crippen molar-refractivity contribution in [3.05, 3.63) is 54.2 Å². The number of hydrogen-bond acceptors (Lipinski definition) is 6. The minimum Gasteiger partial charge on any atom is -0.493 e. The molecule has 3 aromatic rings. The summed E-state index contributed by atoms with van der Waals surface area (Å²) in [6.07, 6.45) is 3.17. The standard InChI is InChI=1S/C23H26N4O4/c1-29-20-8-7-16(13-21(20)30-2)14-25-23(28)27-11-9-17(10-12-27)31-22-15-24-18-5-3-4-6-19(18)26-22/h3-8,13,15,17H,9-12,14H2,1-2H3,(H,25,28). The lowest BCUT2D eigenvalue weighted by Gasteiger charge is -2.32. The van der Waals surface area contributed by atoms with Crippen LogP contribution in [0.1, 0.15) is 18.4 Å². The molecule has 0 atom stereocenters. The van der Waals surface area contributed by atoms with Gasteiger partial charge in [-0.1, -0.05) is 18.2 Å². The van der Waals surface area contributed by atoms with Gasteiger partial charge in [-0.15, -0.1) is 0 Å². The second-order valence-electron chi connectivity index (χ2n) is 7.35. The maximum atomic E-state index is 12.6. The highest BCUT2D eigenvalue weighted by atomic mass is 16.5. The third-order valence-corrected chi connectivity index (χ3v) is 5.33. The number of para-hydroxylation sites is 2. The van der Waals surface area contributed by atoms with Crippen LogP contribution in [-0.4, -0.2) is 54.3 Å². The van der Waals surface area contributed by atoms with Gasteiger partial charge < -0.3 is 24.4 Å². The van der Waals surface area contributed by atoms with Crippen LogP contribution in [0.2, 0.25) is 0 Å². The van der Waals surface area contributed by atoms with E-state index < -0.39 is 0 Å². The summed E-state index contributed by atoms with van der Waals surface area (Å²) >= 11 is 0. The summed E-state index contributed by atoms with van der Waals surface area (Å²) < 4.78 is 16.6. The Morgan fingerprint density at radius 2 is 1.81 bits per heavy atom. The van der Waals surface area contributed by atoms with Gasteiger partial charge in [0.2, 0.25) is 5.88 Å². The molecule has 2 aromatic carbocycles. The van der Waals surface area contributed by atoms with E-state index in [-0.39, 0.29) is 12.1 Å². The van der Waals surface area contributed by atoms with Crippen molar-refractivity contribution in [1.29, 1.82) is 0 Å². The van der Waals surface area contributed by atoms with Gasteiger partial charge in [0.05, 0.1) is 31.4 Å². The zero-order valence-corrected chi connectivity index (χ0v) is 17.7. The Hall–Kier alpha value is -3.55. The van der Waals surface area contributed by atoms with Gasteiger partial charge in [0.1, 0.15) is 6.10 Å². The average molecular weight is 422 g/mol. The molecule has 1 N–H and O–H groups in total. The van der Waals surface area contributed by atoms with E-state index in [1.807, 2.05) is 47.4 Å². The zero-order valence-electron chi connectivity index (χ0n) is 17.7. The fourth-order valence-electron chi connectivity index (χ4n) is 3.62. The Kier molecular flexibility index (Phi) is 6.35. The summed E-state index contributed by atoms with van der Waals surface area (Å²) in [7, 11) is 3.19. The molecule has 1 fully saturated rings. The molecule has 1 aliphatic rings. The summed E-state index contributed by atoms with van der Waals surface area (Å²) in [5.74, 6) is 1.83. The van der Waals surface area contributed by atoms with E-state index in [4.69, 9.17) is 14.2 Å². The average Bonchev–Trinajstić information content (AvgIpc) is 2.82. The number of ether oxygens (including phenoxy) is 3. The second-order valence-corrected chi connectivity index (χ2v) is 7.35. The lowest BCUT2D eigenvalue weighted by atomic mass is 10.1. The largest absolute Gasteiger partial charge is 0.493 e. The van der Waals surface area contributed by atoms with Crippen LogP contribution in [0.15, 0.2) is 48.7 Å². The first kappa shape index (κ1) is 20.7. The van der Waals surface area contributed by atoms with Crippen LogP contribution in [0.4, 0.5) is 4.79 Å². The first-order valence-corrected chi connectivity index (χ1v) is 10.3. The summed E-state index contributed by atoms with van der Waals surface area (Å²) in [4.78, 5) is 23.3. The molecule has 4 rings (SSSR count). The van der Waals surface area contributed by atoms with Crippen LogP contribution in [-0.2, 0) is 6.54 Å². The van der Waals surface area contributed by atoms with Gasteiger partial charge >= 0.3 is 6.03 Å². The van der Waals surface area contributed by atoms with Crippen LogP contribution < -0.4 is 19.5 Å². The van der Waals surface area contributed by atoms with Crippen molar-refractivity contribution in [3.63, 3.8) is 0 Å². The third kappa shape index (κ3) is 4.96. The van der Waals surface area contributed by atoms with E-state index in [1.165, 1.54) is 0 Å². The Morgan fingerprint density at radius 1 is 1.06 bits per heavy atom. The molecule has 1 aliphatic heterocycles. The smallest absolute Gasteiger partial charge is 0.317 e. The van der Waals surface area contributed by atoms with Crippen molar-refractivity contribution < 1.29 is 19.0 Å². The lowest BCUT2D eigenvalue weighted by molar-refractivity contribution is 0.107. The molecule has 1 aromatic heterocycles. The minimum absolute atomic E-state index is 0.0189. The molecule has 0 saturated carbocycles. The van der Waals surface area contributed by atoms with Gasteiger partial charge in [0, 0.05) is 32.5 Å². The first-order valence-electron chi connectivity index (χ1n) is 10.3. The molecule has 0 spiro atoms. The molecule has 2 amide bonds. The molecule has 31 heavy (non-hydrogen) atoms. The van der Waals surface area contributed by atoms with E-state index in [2.05, 4.69) is 15.3 Å². The van der Waals surface area contributed by atoms with Crippen molar-refractivity contribution in [2.45, 2.75) is 25.5 Å². The Bertz CT molecular complexity index is 1050. The van der Waals surface area contributed by atoms with Crippen molar-refractivity contribution in [3.8, 4) is 17.4 Å². The number of fused-ring (bicyclic) bond motifs is 1. The normalized spacial score (nSPS) is 14.3. The Morgan fingerprint density at radius 3 is 2.55 bits per heavy atom. The maximum Gasteiger partial charge on any atom is 0.317 e. The van der Waals surface area contributed by atoms with Crippen LogP contribution in [0, 0.1) is 0 Å². The molecule has 0 bridgehead atoms. The molecular weight excluding hydrogens is 396 g/mol. The van der Waals surface area contributed by atoms with Gasteiger partial charge in [-0.2, -0.15) is 0 Å². The van der Waals surface area contributed by atoms with Gasteiger partial charge in [-0.25, -0.2) is 14.8 Å². The van der Waals surface area contributed by atoms with Crippen molar-refractivity contribution in [1.82, 2.24) is 20.2 Å². The number of aromatic nitrogens is 2. The molecule has 0 aliphatic carbocycles. The number of benzene rings is 2. The number of likely N-dealkylation sites (tertiary alicyclic amines) is 1. The van der Waals surface area contributed by atoms with Gasteiger partial charge in [-0.05, 0) is 29.8 Å². The molecule has 0 unspecified atom stereocenters. The summed E-state index contributed by atoms with van der Waals surface area (Å²) in [6.45, 7) is 1.68. The first-order chi connectivity index (χ1) is 15.2. The highest BCUT2D eigenvalue weighted by Crippen LogP contribution is 2.27. The SMILES string of the molecule is COc1ccc(CNC(=O)N2CCC(Oc3cnc4ccccc4n3)CC2)cc1OC. The number of carbonyl (C=O) groups excluding carboxylic acids is 1. The molecular formula is C23H26N4O4. The lowest BCUT2D eigenvalue weighted by Crippen LogP contribution is -2.46. The number of carbonyl (C=O) groups is 1. The maximum absolute atomic E-state index is 12.6. The van der Waals surface area contributed by atoms with Gasteiger partial charge in [0.25, 0.3) is 0 Å². The Balaban J connectivity index is 1.26. The minimum atomic E-state index is -0.0845. The van der Waals surface area contributed by atoms with Crippen molar-refractivity contribution in [2.24, 2.45) is 0 Å².